The molecule has 0 saturated carbocycles. The number of carbonyl (C=O) groups excluding carboxylic acids is 1. The first kappa shape index (κ1) is 16.3. The van der Waals surface area contributed by atoms with Crippen LogP contribution >= 0.6 is 0 Å². The van der Waals surface area contributed by atoms with Crippen LogP contribution in [-0.4, -0.2) is 15.9 Å². The lowest BCUT2D eigenvalue weighted by molar-refractivity contribution is 0.103. The number of carbonyl (C=O) groups is 1. The standard InChI is InChI=1S/C19H25NO2/c1-18(2,3)13-10-12(16(21)15-8-7-9-20-15)11-14(17(13)22)19(4,5)6/h7-11,20,22H,1-6H3. The molecule has 2 aromatic rings. The Bertz CT molecular complexity index is 648. The van der Waals surface area contributed by atoms with Crippen LogP contribution in [0.4, 0.5) is 0 Å². The zero-order chi connectivity index (χ0) is 16.7. The van der Waals surface area contributed by atoms with Gasteiger partial charge in [0.05, 0.1) is 5.69 Å². The maximum atomic E-state index is 12.7. The first-order chi connectivity index (χ1) is 10.0. The van der Waals surface area contributed by atoms with E-state index in [1.54, 1.807) is 12.3 Å². The highest BCUT2D eigenvalue weighted by molar-refractivity contribution is 6.08. The Hall–Kier alpha value is -2.03. The van der Waals surface area contributed by atoms with Gasteiger partial charge < -0.3 is 10.1 Å². The summed E-state index contributed by atoms with van der Waals surface area (Å²) in [6.07, 6.45) is 1.74. The lowest BCUT2D eigenvalue weighted by Gasteiger charge is -2.28. The van der Waals surface area contributed by atoms with Gasteiger partial charge in [0.2, 0.25) is 5.78 Å². The van der Waals surface area contributed by atoms with Crippen LogP contribution in [0.1, 0.15) is 68.7 Å². The van der Waals surface area contributed by atoms with Gasteiger partial charge in [-0.15, -0.1) is 0 Å². The molecule has 0 saturated heterocycles. The van der Waals surface area contributed by atoms with E-state index in [2.05, 4.69) is 4.98 Å². The summed E-state index contributed by atoms with van der Waals surface area (Å²) in [5, 5.41) is 10.7. The monoisotopic (exact) mass is 299 g/mol. The second kappa shape index (κ2) is 5.31. The van der Waals surface area contributed by atoms with E-state index in [0.29, 0.717) is 17.0 Å². The molecule has 3 nitrogen and oxygen atoms in total. The fourth-order valence-corrected chi connectivity index (χ4v) is 2.54. The van der Waals surface area contributed by atoms with E-state index in [-0.39, 0.29) is 16.6 Å². The number of ketones is 1. The van der Waals surface area contributed by atoms with Crippen molar-refractivity contribution >= 4 is 5.78 Å². The summed E-state index contributed by atoms with van der Waals surface area (Å²) in [5.74, 6) is 0.240. The molecular weight excluding hydrogens is 274 g/mol. The van der Waals surface area contributed by atoms with E-state index in [0.717, 1.165) is 11.1 Å². The molecule has 0 atom stereocenters. The molecule has 0 fully saturated rings. The Kier molecular flexibility index (Phi) is 3.94. The van der Waals surface area contributed by atoms with Gasteiger partial charge in [0.25, 0.3) is 0 Å². The van der Waals surface area contributed by atoms with Crippen molar-refractivity contribution in [2.45, 2.75) is 52.4 Å². The number of aromatic nitrogens is 1. The highest BCUT2D eigenvalue weighted by atomic mass is 16.3. The third kappa shape index (κ3) is 3.08. The number of hydrogen-bond donors (Lipinski definition) is 2. The number of benzene rings is 1. The molecule has 1 heterocycles. The van der Waals surface area contributed by atoms with Gasteiger partial charge in [-0.05, 0) is 35.1 Å². The minimum atomic E-state index is -0.240. The Morgan fingerprint density at radius 3 is 1.86 bits per heavy atom. The SMILES string of the molecule is CC(C)(C)c1cc(C(=O)c2ccc[nH]2)cc(C(C)(C)C)c1O. The summed E-state index contributed by atoms with van der Waals surface area (Å²) in [4.78, 5) is 15.6. The fourth-order valence-electron chi connectivity index (χ4n) is 2.54. The van der Waals surface area contributed by atoms with Crippen molar-refractivity contribution in [3.63, 3.8) is 0 Å². The van der Waals surface area contributed by atoms with E-state index in [1.807, 2.05) is 59.7 Å². The number of H-pyrrole nitrogens is 1. The molecule has 118 valence electrons. The topological polar surface area (TPSA) is 53.1 Å². The first-order valence-electron chi connectivity index (χ1n) is 7.58. The van der Waals surface area contributed by atoms with Crippen molar-refractivity contribution in [2.75, 3.05) is 0 Å². The second-order valence-electron chi connectivity index (χ2n) is 7.83. The average Bonchev–Trinajstić information content (AvgIpc) is 2.89. The smallest absolute Gasteiger partial charge is 0.209 e. The maximum Gasteiger partial charge on any atom is 0.209 e. The van der Waals surface area contributed by atoms with Crippen LogP contribution in [0.15, 0.2) is 30.5 Å². The number of phenolic OH excluding ortho intramolecular Hbond substituents is 1. The van der Waals surface area contributed by atoms with Crippen molar-refractivity contribution in [2.24, 2.45) is 0 Å². The fraction of sp³-hybridized carbons (Fsp3) is 0.421. The Balaban J connectivity index is 2.68. The minimum Gasteiger partial charge on any atom is -0.507 e. The second-order valence-corrected chi connectivity index (χ2v) is 7.83. The zero-order valence-corrected chi connectivity index (χ0v) is 14.2. The van der Waals surface area contributed by atoms with Gasteiger partial charge in [0.1, 0.15) is 5.75 Å². The predicted octanol–water partition coefficient (Wildman–Crippen LogP) is 4.55. The Labute approximate surface area is 132 Å². The van der Waals surface area contributed by atoms with Gasteiger partial charge in [-0.3, -0.25) is 4.79 Å². The third-order valence-corrected chi connectivity index (χ3v) is 3.83. The van der Waals surface area contributed by atoms with E-state index in [9.17, 15) is 9.90 Å². The van der Waals surface area contributed by atoms with E-state index >= 15 is 0 Å². The Morgan fingerprint density at radius 1 is 1.00 bits per heavy atom. The largest absolute Gasteiger partial charge is 0.507 e. The van der Waals surface area contributed by atoms with E-state index in [4.69, 9.17) is 0 Å². The summed E-state index contributed by atoms with van der Waals surface area (Å²) in [7, 11) is 0. The van der Waals surface area contributed by atoms with Crippen molar-refractivity contribution in [1.29, 1.82) is 0 Å². The van der Waals surface area contributed by atoms with Crippen molar-refractivity contribution in [1.82, 2.24) is 4.98 Å². The third-order valence-electron chi connectivity index (χ3n) is 3.83. The highest BCUT2D eigenvalue weighted by Gasteiger charge is 2.28. The molecule has 1 aromatic carbocycles. The van der Waals surface area contributed by atoms with Crippen LogP contribution in [-0.2, 0) is 10.8 Å². The zero-order valence-electron chi connectivity index (χ0n) is 14.2. The molecule has 0 spiro atoms. The van der Waals surface area contributed by atoms with Crippen LogP contribution in [0.2, 0.25) is 0 Å². The number of rotatable bonds is 2. The van der Waals surface area contributed by atoms with Gasteiger partial charge in [-0.2, -0.15) is 0 Å². The number of aromatic amines is 1. The summed E-state index contributed by atoms with van der Waals surface area (Å²) in [5.41, 5.74) is 2.29. The van der Waals surface area contributed by atoms with Gasteiger partial charge in [-0.25, -0.2) is 0 Å². The van der Waals surface area contributed by atoms with Crippen LogP contribution < -0.4 is 0 Å². The molecule has 0 radical (unpaired) electrons. The van der Waals surface area contributed by atoms with Crippen LogP contribution in [0.5, 0.6) is 5.75 Å². The van der Waals surface area contributed by atoms with Crippen molar-refractivity contribution < 1.29 is 9.90 Å². The number of aromatic hydroxyl groups is 1. The molecule has 0 unspecified atom stereocenters. The summed E-state index contributed by atoms with van der Waals surface area (Å²) < 4.78 is 0. The quantitative estimate of drug-likeness (QED) is 0.799. The molecule has 2 N–H and O–H groups in total. The molecule has 2 rings (SSSR count). The molecular formula is C19H25NO2. The van der Waals surface area contributed by atoms with Gasteiger partial charge in [0.15, 0.2) is 0 Å². The predicted molar refractivity (Wildman–Crippen MR) is 89.7 cm³/mol. The van der Waals surface area contributed by atoms with Crippen LogP contribution in [0.25, 0.3) is 0 Å². The van der Waals surface area contributed by atoms with Crippen LogP contribution in [0, 0.1) is 0 Å². The van der Waals surface area contributed by atoms with Crippen molar-refractivity contribution in [3.05, 3.63) is 52.8 Å². The normalized spacial score (nSPS) is 12.5. The molecule has 0 aliphatic rings. The molecule has 0 aliphatic carbocycles. The molecule has 22 heavy (non-hydrogen) atoms. The number of phenols is 1. The lowest BCUT2D eigenvalue weighted by atomic mass is 9.78. The first-order valence-corrected chi connectivity index (χ1v) is 7.58. The molecule has 1 aromatic heterocycles. The number of hydrogen-bond acceptors (Lipinski definition) is 2. The van der Waals surface area contributed by atoms with Crippen LogP contribution in [0.3, 0.4) is 0 Å². The average molecular weight is 299 g/mol. The summed E-state index contributed by atoms with van der Waals surface area (Å²) in [6, 6.07) is 7.20. The molecule has 0 amide bonds. The Morgan fingerprint density at radius 2 is 1.50 bits per heavy atom. The number of nitrogens with one attached hydrogen (secondary N) is 1. The highest BCUT2D eigenvalue weighted by Crippen LogP contribution is 2.40. The molecule has 3 heteroatoms. The summed E-state index contributed by atoms with van der Waals surface area (Å²) in [6.45, 7) is 12.2. The summed E-state index contributed by atoms with van der Waals surface area (Å²) >= 11 is 0. The van der Waals surface area contributed by atoms with Gasteiger partial charge in [0, 0.05) is 22.9 Å². The van der Waals surface area contributed by atoms with Crippen molar-refractivity contribution in [3.8, 4) is 5.75 Å². The molecule has 0 bridgehead atoms. The molecule has 0 aliphatic heterocycles. The van der Waals surface area contributed by atoms with E-state index < -0.39 is 0 Å². The lowest BCUT2D eigenvalue weighted by Crippen LogP contribution is -2.19. The maximum absolute atomic E-state index is 12.7. The van der Waals surface area contributed by atoms with Gasteiger partial charge >= 0.3 is 0 Å². The van der Waals surface area contributed by atoms with Gasteiger partial charge in [-0.1, -0.05) is 41.5 Å². The minimum absolute atomic E-state index is 0.0546. The van der Waals surface area contributed by atoms with E-state index in [1.165, 1.54) is 0 Å².